The molecule has 0 fully saturated rings. The maximum absolute atomic E-state index is 4.24. The molecule has 2 aromatic heterocycles. The summed E-state index contributed by atoms with van der Waals surface area (Å²) in [5.41, 5.74) is 0.971. The van der Waals surface area contributed by atoms with Gasteiger partial charge in [-0.15, -0.1) is 5.10 Å². The fraction of sp³-hybridized carbons (Fsp3) is 0.143. The van der Waals surface area contributed by atoms with Crippen LogP contribution in [0, 0.1) is 0 Å². The number of nitrogens with zero attached hydrogens (tertiary/aromatic N) is 5. The Kier molecular flexibility index (Phi) is 1.36. The molecule has 1 aliphatic rings. The summed E-state index contributed by atoms with van der Waals surface area (Å²) in [6, 6.07) is 3.85. The lowest BCUT2D eigenvalue weighted by Crippen LogP contribution is -2.08. The number of pyridine rings is 1. The second-order valence-electron chi connectivity index (χ2n) is 2.62. The van der Waals surface area contributed by atoms with E-state index in [0.717, 1.165) is 22.3 Å². The normalized spacial score (nSPS) is 13.5. The Bertz CT molecular complexity index is 452. The minimum atomic E-state index is 0.789. The van der Waals surface area contributed by atoms with Gasteiger partial charge in [-0.3, -0.25) is 0 Å². The Morgan fingerprint density at radius 1 is 1.46 bits per heavy atom. The third-order valence-corrected chi connectivity index (χ3v) is 2.84. The maximum atomic E-state index is 4.24. The lowest BCUT2D eigenvalue weighted by molar-refractivity contribution is 0.750. The first-order chi connectivity index (χ1) is 6.45. The number of hydrogen-bond acceptors (Lipinski definition) is 5. The van der Waals surface area contributed by atoms with Gasteiger partial charge in [-0.05, 0) is 22.6 Å². The molecule has 0 spiro atoms. The van der Waals surface area contributed by atoms with Crippen LogP contribution < -0.4 is 0 Å². The van der Waals surface area contributed by atoms with Crippen molar-refractivity contribution in [3.63, 3.8) is 0 Å². The molecule has 0 amide bonds. The number of tetrazole rings is 1. The van der Waals surface area contributed by atoms with Crippen molar-refractivity contribution >= 4 is 11.8 Å². The van der Waals surface area contributed by atoms with E-state index in [4.69, 9.17) is 0 Å². The SMILES string of the molecule is c1cnc2c(c1)-n1nnnc1CS2. The minimum absolute atomic E-state index is 0.789. The van der Waals surface area contributed by atoms with Crippen molar-refractivity contribution in [1.29, 1.82) is 0 Å². The Morgan fingerprint density at radius 3 is 3.46 bits per heavy atom. The molecule has 0 aromatic carbocycles. The molecule has 3 heterocycles. The third kappa shape index (κ3) is 0.951. The van der Waals surface area contributed by atoms with Crippen molar-refractivity contribution in [2.75, 3.05) is 0 Å². The fourth-order valence-electron chi connectivity index (χ4n) is 1.27. The average Bonchev–Trinajstić information content (AvgIpc) is 2.65. The van der Waals surface area contributed by atoms with Crippen LogP contribution in [0.2, 0.25) is 0 Å². The van der Waals surface area contributed by atoms with E-state index in [1.54, 1.807) is 22.6 Å². The molecule has 0 unspecified atom stereocenters. The van der Waals surface area contributed by atoms with Gasteiger partial charge in [0, 0.05) is 6.20 Å². The zero-order valence-electron chi connectivity index (χ0n) is 6.58. The van der Waals surface area contributed by atoms with E-state index in [2.05, 4.69) is 20.5 Å². The molecule has 0 N–H and O–H groups in total. The molecule has 0 aliphatic carbocycles. The summed E-state index contributed by atoms with van der Waals surface area (Å²) in [5, 5.41) is 12.4. The van der Waals surface area contributed by atoms with Gasteiger partial charge in [-0.25, -0.2) is 4.98 Å². The third-order valence-electron chi connectivity index (χ3n) is 1.85. The molecular weight excluding hydrogens is 186 g/mol. The summed E-state index contributed by atoms with van der Waals surface area (Å²) >= 11 is 1.66. The van der Waals surface area contributed by atoms with Gasteiger partial charge in [0.15, 0.2) is 5.82 Å². The highest BCUT2D eigenvalue weighted by Gasteiger charge is 2.18. The molecule has 0 bridgehead atoms. The van der Waals surface area contributed by atoms with Crippen LogP contribution in [-0.2, 0) is 5.75 Å². The Balaban J connectivity index is 2.30. The highest BCUT2D eigenvalue weighted by Crippen LogP contribution is 2.30. The van der Waals surface area contributed by atoms with Gasteiger partial charge in [0.1, 0.15) is 10.7 Å². The van der Waals surface area contributed by atoms with Crippen molar-refractivity contribution in [1.82, 2.24) is 25.2 Å². The van der Waals surface area contributed by atoms with E-state index in [1.165, 1.54) is 0 Å². The van der Waals surface area contributed by atoms with Crippen LogP contribution in [0.25, 0.3) is 5.69 Å². The molecule has 13 heavy (non-hydrogen) atoms. The molecule has 5 nitrogen and oxygen atoms in total. The fourth-order valence-corrected chi connectivity index (χ4v) is 2.15. The van der Waals surface area contributed by atoms with Crippen LogP contribution in [0.1, 0.15) is 5.82 Å². The van der Waals surface area contributed by atoms with Gasteiger partial charge in [0.2, 0.25) is 0 Å². The summed E-state index contributed by atoms with van der Waals surface area (Å²) in [7, 11) is 0. The zero-order valence-corrected chi connectivity index (χ0v) is 7.40. The summed E-state index contributed by atoms with van der Waals surface area (Å²) in [4.78, 5) is 4.24. The van der Waals surface area contributed by atoms with E-state index in [1.807, 2.05) is 12.1 Å². The summed E-state index contributed by atoms with van der Waals surface area (Å²) in [6.45, 7) is 0. The largest absolute Gasteiger partial charge is 0.248 e. The highest BCUT2D eigenvalue weighted by molar-refractivity contribution is 7.98. The monoisotopic (exact) mass is 191 g/mol. The van der Waals surface area contributed by atoms with E-state index >= 15 is 0 Å². The smallest absolute Gasteiger partial charge is 0.167 e. The van der Waals surface area contributed by atoms with E-state index < -0.39 is 0 Å². The first-order valence-corrected chi connectivity index (χ1v) is 4.79. The van der Waals surface area contributed by atoms with E-state index in [0.29, 0.717) is 0 Å². The van der Waals surface area contributed by atoms with Crippen molar-refractivity contribution in [3.05, 3.63) is 24.2 Å². The number of rotatable bonds is 0. The highest BCUT2D eigenvalue weighted by atomic mass is 32.2. The molecule has 3 rings (SSSR count). The van der Waals surface area contributed by atoms with Crippen LogP contribution in [-0.4, -0.2) is 25.2 Å². The summed E-state index contributed by atoms with van der Waals surface area (Å²) < 4.78 is 1.73. The first kappa shape index (κ1) is 7.02. The van der Waals surface area contributed by atoms with Crippen LogP contribution >= 0.6 is 11.8 Å². The summed E-state index contributed by atoms with van der Waals surface area (Å²) in [5.74, 6) is 1.67. The van der Waals surface area contributed by atoms with Crippen LogP contribution in [0.4, 0.5) is 0 Å². The molecule has 0 saturated carbocycles. The first-order valence-electron chi connectivity index (χ1n) is 3.80. The zero-order chi connectivity index (χ0) is 8.67. The van der Waals surface area contributed by atoms with Crippen molar-refractivity contribution < 1.29 is 0 Å². The molecule has 64 valence electrons. The van der Waals surface area contributed by atoms with Crippen molar-refractivity contribution in [3.8, 4) is 5.69 Å². The van der Waals surface area contributed by atoms with Crippen LogP contribution in [0.15, 0.2) is 23.4 Å². The number of aromatic nitrogens is 5. The lowest BCUT2D eigenvalue weighted by atomic mass is 10.4. The number of thioether (sulfide) groups is 1. The molecule has 0 radical (unpaired) electrons. The standard InChI is InChI=1S/C7H5N5S/c1-2-5-7(8-3-1)13-4-6-9-10-11-12(5)6/h1-3H,4H2. The molecule has 2 aromatic rings. The van der Waals surface area contributed by atoms with Crippen molar-refractivity contribution in [2.45, 2.75) is 10.8 Å². The van der Waals surface area contributed by atoms with Gasteiger partial charge in [0.05, 0.1) is 5.75 Å². The predicted octanol–water partition coefficient (Wildman–Crippen LogP) is 0.663. The summed E-state index contributed by atoms with van der Waals surface area (Å²) in [6.07, 6.45) is 1.78. The van der Waals surface area contributed by atoms with Gasteiger partial charge in [-0.1, -0.05) is 11.8 Å². The predicted molar refractivity (Wildman–Crippen MR) is 46.5 cm³/mol. The number of fused-ring (bicyclic) bond motifs is 3. The van der Waals surface area contributed by atoms with E-state index in [-0.39, 0.29) is 0 Å². The van der Waals surface area contributed by atoms with E-state index in [9.17, 15) is 0 Å². The molecule has 0 atom stereocenters. The minimum Gasteiger partial charge on any atom is -0.248 e. The maximum Gasteiger partial charge on any atom is 0.167 e. The Labute approximate surface area is 78.2 Å². The Hall–Kier alpha value is -1.43. The van der Waals surface area contributed by atoms with Gasteiger partial charge in [-0.2, -0.15) is 4.68 Å². The topological polar surface area (TPSA) is 56.5 Å². The molecule has 1 aliphatic heterocycles. The number of hydrogen-bond donors (Lipinski definition) is 0. The average molecular weight is 191 g/mol. The molecule has 0 saturated heterocycles. The van der Waals surface area contributed by atoms with Gasteiger partial charge >= 0.3 is 0 Å². The molecule has 6 heteroatoms. The molecular formula is C7H5N5S. The van der Waals surface area contributed by atoms with Gasteiger partial charge in [0.25, 0.3) is 0 Å². The van der Waals surface area contributed by atoms with Crippen molar-refractivity contribution in [2.24, 2.45) is 0 Å². The second kappa shape index (κ2) is 2.53. The van der Waals surface area contributed by atoms with Gasteiger partial charge < -0.3 is 0 Å². The second-order valence-corrected chi connectivity index (χ2v) is 3.59. The van der Waals surface area contributed by atoms with Crippen LogP contribution in [0.3, 0.4) is 0 Å². The van der Waals surface area contributed by atoms with Crippen LogP contribution in [0.5, 0.6) is 0 Å². The lowest BCUT2D eigenvalue weighted by Gasteiger charge is -2.12. The quantitative estimate of drug-likeness (QED) is 0.612. The Morgan fingerprint density at radius 2 is 2.46 bits per heavy atom.